The van der Waals surface area contributed by atoms with Crippen LogP contribution in [0.2, 0.25) is 0 Å². The van der Waals surface area contributed by atoms with Crippen LogP contribution in [0.4, 0.5) is 0 Å². The molecule has 1 aromatic carbocycles. The Balaban J connectivity index is 2.62. The van der Waals surface area contributed by atoms with Gasteiger partial charge in [0.25, 0.3) is 5.91 Å². The number of methoxy groups -OCH3 is 1. The highest BCUT2D eigenvalue weighted by Gasteiger charge is 2.17. The van der Waals surface area contributed by atoms with E-state index >= 15 is 0 Å². The molecule has 0 bridgehead atoms. The Morgan fingerprint density at radius 1 is 1.33 bits per heavy atom. The number of carbonyl (C=O) groups excluding carboxylic acids is 2. The Hall–Kier alpha value is -1.92. The number of nitrogens with two attached hydrogens (primary N) is 1. The van der Waals surface area contributed by atoms with E-state index in [9.17, 15) is 9.59 Å². The quantitative estimate of drug-likeness (QED) is 0.591. The molecule has 116 valence electrons. The molecule has 6 nitrogen and oxygen atoms in total. The average Bonchev–Trinajstić information content (AvgIpc) is 2.48. The molecule has 1 atom stereocenters. The van der Waals surface area contributed by atoms with Gasteiger partial charge in [-0.3, -0.25) is 9.59 Å². The van der Waals surface area contributed by atoms with E-state index in [-0.39, 0.29) is 11.8 Å². The molecule has 1 rings (SSSR count). The van der Waals surface area contributed by atoms with Gasteiger partial charge in [-0.2, -0.15) is 0 Å². The summed E-state index contributed by atoms with van der Waals surface area (Å²) in [5.74, 6) is -0.509. The summed E-state index contributed by atoms with van der Waals surface area (Å²) in [5.41, 5.74) is 6.97. The Bertz CT molecular complexity index is 477. The first-order valence-electron chi connectivity index (χ1n) is 6.95. The minimum atomic E-state index is -0.611. The van der Waals surface area contributed by atoms with Crippen molar-refractivity contribution in [3.8, 4) is 0 Å². The molecule has 0 heterocycles. The number of amides is 2. The minimum Gasteiger partial charge on any atom is -0.383 e. The Kier molecular flexibility index (Phi) is 7.42. The van der Waals surface area contributed by atoms with Gasteiger partial charge in [-0.1, -0.05) is 18.2 Å². The standard InChI is InChI=1S/C15H23N3O3/c1-11(14(19)17-9-10-21-2)18-15(20)13-6-4-3-5-12(13)7-8-16/h3-6,11H,7-10,16H2,1-2H3,(H,17,19)(H,18,20). The van der Waals surface area contributed by atoms with Gasteiger partial charge in [0, 0.05) is 19.2 Å². The maximum atomic E-state index is 12.2. The lowest BCUT2D eigenvalue weighted by Gasteiger charge is -2.15. The number of hydrogen-bond acceptors (Lipinski definition) is 4. The lowest BCUT2D eigenvalue weighted by molar-refractivity contribution is -0.122. The fraction of sp³-hybridized carbons (Fsp3) is 0.467. The van der Waals surface area contributed by atoms with Crippen LogP contribution in [-0.2, 0) is 16.0 Å². The van der Waals surface area contributed by atoms with Gasteiger partial charge in [0.2, 0.25) is 5.91 Å². The van der Waals surface area contributed by atoms with Crippen LogP contribution in [0.25, 0.3) is 0 Å². The molecular weight excluding hydrogens is 270 g/mol. The number of benzene rings is 1. The van der Waals surface area contributed by atoms with Crippen LogP contribution in [0.15, 0.2) is 24.3 Å². The first-order chi connectivity index (χ1) is 10.1. The van der Waals surface area contributed by atoms with E-state index in [4.69, 9.17) is 10.5 Å². The van der Waals surface area contributed by atoms with Crippen molar-refractivity contribution < 1.29 is 14.3 Å². The highest BCUT2D eigenvalue weighted by Crippen LogP contribution is 2.09. The lowest BCUT2D eigenvalue weighted by Crippen LogP contribution is -2.45. The molecule has 0 spiro atoms. The molecule has 21 heavy (non-hydrogen) atoms. The van der Waals surface area contributed by atoms with Gasteiger partial charge in [0.05, 0.1) is 6.61 Å². The number of hydrogen-bond donors (Lipinski definition) is 3. The van der Waals surface area contributed by atoms with Crippen molar-refractivity contribution in [3.63, 3.8) is 0 Å². The second-order valence-electron chi connectivity index (χ2n) is 4.67. The van der Waals surface area contributed by atoms with Crippen LogP contribution in [0.1, 0.15) is 22.8 Å². The first-order valence-corrected chi connectivity index (χ1v) is 6.95. The largest absolute Gasteiger partial charge is 0.383 e. The molecule has 1 unspecified atom stereocenters. The third kappa shape index (κ3) is 5.53. The summed E-state index contributed by atoms with van der Waals surface area (Å²) >= 11 is 0. The minimum absolute atomic E-state index is 0.239. The molecule has 0 fully saturated rings. The van der Waals surface area contributed by atoms with Gasteiger partial charge < -0.3 is 21.1 Å². The van der Waals surface area contributed by atoms with E-state index < -0.39 is 6.04 Å². The molecule has 2 amide bonds. The lowest BCUT2D eigenvalue weighted by atomic mass is 10.0. The van der Waals surface area contributed by atoms with Crippen molar-refractivity contribution in [2.75, 3.05) is 26.8 Å². The normalized spacial score (nSPS) is 11.8. The fourth-order valence-electron chi connectivity index (χ4n) is 1.88. The van der Waals surface area contributed by atoms with Gasteiger partial charge in [-0.25, -0.2) is 0 Å². The summed E-state index contributed by atoms with van der Waals surface area (Å²) in [4.78, 5) is 24.0. The van der Waals surface area contributed by atoms with Crippen LogP contribution in [-0.4, -0.2) is 44.7 Å². The van der Waals surface area contributed by atoms with Crippen LogP contribution in [0.5, 0.6) is 0 Å². The van der Waals surface area contributed by atoms with E-state index in [1.807, 2.05) is 12.1 Å². The van der Waals surface area contributed by atoms with Crippen LogP contribution in [0.3, 0.4) is 0 Å². The fourth-order valence-corrected chi connectivity index (χ4v) is 1.88. The van der Waals surface area contributed by atoms with E-state index in [0.717, 1.165) is 5.56 Å². The van der Waals surface area contributed by atoms with E-state index in [1.54, 1.807) is 26.2 Å². The number of nitrogens with one attached hydrogen (secondary N) is 2. The molecule has 4 N–H and O–H groups in total. The van der Waals surface area contributed by atoms with Crippen molar-refractivity contribution in [3.05, 3.63) is 35.4 Å². The first kappa shape index (κ1) is 17.1. The second kappa shape index (κ2) is 9.10. The predicted octanol–water partition coefficient (Wildman–Crippen LogP) is 0.0687. The zero-order valence-electron chi connectivity index (χ0n) is 12.5. The Labute approximate surface area is 125 Å². The van der Waals surface area contributed by atoms with Crippen LogP contribution in [0, 0.1) is 0 Å². The molecule has 1 aromatic rings. The number of rotatable bonds is 8. The summed E-state index contributed by atoms with van der Waals surface area (Å²) in [5, 5.41) is 5.37. The van der Waals surface area contributed by atoms with Gasteiger partial charge >= 0.3 is 0 Å². The molecule has 0 aliphatic heterocycles. The van der Waals surface area contributed by atoms with E-state index in [0.29, 0.717) is 31.7 Å². The molecule has 6 heteroatoms. The van der Waals surface area contributed by atoms with Crippen molar-refractivity contribution >= 4 is 11.8 Å². The topological polar surface area (TPSA) is 93.5 Å². The zero-order chi connectivity index (χ0) is 15.7. The van der Waals surface area contributed by atoms with Crippen molar-refractivity contribution in [2.24, 2.45) is 5.73 Å². The van der Waals surface area contributed by atoms with Crippen LogP contribution >= 0.6 is 0 Å². The van der Waals surface area contributed by atoms with Gasteiger partial charge in [0.15, 0.2) is 0 Å². The van der Waals surface area contributed by atoms with Gasteiger partial charge in [-0.05, 0) is 31.5 Å². The van der Waals surface area contributed by atoms with Gasteiger partial charge in [0.1, 0.15) is 6.04 Å². The smallest absolute Gasteiger partial charge is 0.252 e. The summed E-state index contributed by atoms with van der Waals surface area (Å²) in [6, 6.07) is 6.64. The third-order valence-corrected chi connectivity index (χ3v) is 3.02. The average molecular weight is 293 g/mol. The van der Waals surface area contributed by atoms with E-state index in [2.05, 4.69) is 10.6 Å². The monoisotopic (exact) mass is 293 g/mol. The Morgan fingerprint density at radius 2 is 2.05 bits per heavy atom. The summed E-state index contributed by atoms with van der Waals surface area (Å²) in [7, 11) is 1.56. The van der Waals surface area contributed by atoms with Crippen molar-refractivity contribution in [1.29, 1.82) is 0 Å². The number of carbonyl (C=O) groups is 2. The molecule has 0 saturated carbocycles. The predicted molar refractivity (Wildman–Crippen MR) is 81.0 cm³/mol. The Morgan fingerprint density at radius 3 is 2.71 bits per heavy atom. The zero-order valence-corrected chi connectivity index (χ0v) is 12.5. The number of ether oxygens (including phenoxy) is 1. The highest BCUT2D eigenvalue weighted by molar-refractivity contribution is 5.98. The second-order valence-corrected chi connectivity index (χ2v) is 4.67. The van der Waals surface area contributed by atoms with Gasteiger partial charge in [-0.15, -0.1) is 0 Å². The maximum absolute atomic E-state index is 12.2. The van der Waals surface area contributed by atoms with Crippen molar-refractivity contribution in [1.82, 2.24) is 10.6 Å². The SMILES string of the molecule is COCCNC(=O)C(C)NC(=O)c1ccccc1CCN. The third-order valence-electron chi connectivity index (χ3n) is 3.02. The van der Waals surface area contributed by atoms with Crippen LogP contribution < -0.4 is 16.4 Å². The molecule has 0 aliphatic carbocycles. The summed E-state index contributed by atoms with van der Waals surface area (Å²) in [6.07, 6.45) is 0.623. The molecular formula is C15H23N3O3. The molecule has 0 radical (unpaired) electrons. The molecule has 0 aromatic heterocycles. The van der Waals surface area contributed by atoms with Crippen molar-refractivity contribution in [2.45, 2.75) is 19.4 Å². The maximum Gasteiger partial charge on any atom is 0.252 e. The highest BCUT2D eigenvalue weighted by atomic mass is 16.5. The molecule has 0 saturated heterocycles. The summed E-state index contributed by atoms with van der Waals surface area (Å²) < 4.78 is 4.85. The van der Waals surface area contributed by atoms with E-state index in [1.165, 1.54) is 0 Å². The summed E-state index contributed by atoms with van der Waals surface area (Å²) in [6.45, 7) is 2.97. The molecule has 0 aliphatic rings.